The van der Waals surface area contributed by atoms with Gasteiger partial charge in [-0.25, -0.2) is 8.42 Å². The SMILES string of the molecule is O=S1(=O)NC(=NC[C@H](c2ccco2)[NH+]2CCCCC2)c2ccccc21. The quantitative estimate of drug-likeness (QED) is 0.858. The summed E-state index contributed by atoms with van der Waals surface area (Å²) in [6, 6.07) is 11.0. The molecule has 6 nitrogen and oxygen atoms in total. The van der Waals surface area contributed by atoms with Gasteiger partial charge in [0.2, 0.25) is 0 Å². The third-order valence-corrected chi connectivity index (χ3v) is 6.37. The number of nitrogens with one attached hydrogen (secondary N) is 2. The molecule has 0 aliphatic carbocycles. The monoisotopic (exact) mass is 360 g/mol. The fraction of sp³-hybridized carbons (Fsp3) is 0.389. The maximum Gasteiger partial charge on any atom is 0.263 e. The second-order valence-corrected chi connectivity index (χ2v) is 8.23. The van der Waals surface area contributed by atoms with Gasteiger partial charge < -0.3 is 9.32 Å². The molecule has 2 aromatic rings. The lowest BCUT2D eigenvalue weighted by atomic mass is 10.1. The normalized spacial score (nSPS) is 22.5. The summed E-state index contributed by atoms with van der Waals surface area (Å²) < 4.78 is 32.7. The Morgan fingerprint density at radius 3 is 2.68 bits per heavy atom. The van der Waals surface area contributed by atoms with Crippen molar-refractivity contribution in [2.24, 2.45) is 4.99 Å². The third kappa shape index (κ3) is 3.21. The zero-order valence-electron chi connectivity index (χ0n) is 13.9. The van der Waals surface area contributed by atoms with Crippen LogP contribution in [0, 0.1) is 0 Å². The molecule has 4 rings (SSSR count). The number of amidine groups is 1. The molecule has 0 unspecified atom stereocenters. The Morgan fingerprint density at radius 2 is 1.92 bits per heavy atom. The molecule has 2 N–H and O–H groups in total. The number of benzene rings is 1. The van der Waals surface area contributed by atoms with Gasteiger partial charge in [0.1, 0.15) is 12.4 Å². The number of quaternary nitrogens is 1. The zero-order chi connectivity index (χ0) is 17.3. The van der Waals surface area contributed by atoms with Crippen LogP contribution in [0.1, 0.15) is 36.6 Å². The minimum Gasteiger partial charge on any atom is -0.463 e. The molecular formula is C18H22N3O3S+. The van der Waals surface area contributed by atoms with E-state index >= 15 is 0 Å². The van der Waals surface area contributed by atoms with Crippen LogP contribution in [-0.4, -0.2) is 33.9 Å². The first kappa shape index (κ1) is 16.4. The summed E-state index contributed by atoms with van der Waals surface area (Å²) in [6.45, 7) is 2.69. The number of furan rings is 1. The molecule has 0 bridgehead atoms. The van der Waals surface area contributed by atoms with Crippen LogP contribution in [0.25, 0.3) is 0 Å². The van der Waals surface area contributed by atoms with Crippen molar-refractivity contribution >= 4 is 15.9 Å². The molecule has 132 valence electrons. The highest BCUT2D eigenvalue weighted by Crippen LogP contribution is 2.22. The molecule has 0 amide bonds. The lowest BCUT2D eigenvalue weighted by molar-refractivity contribution is -0.935. The van der Waals surface area contributed by atoms with Gasteiger partial charge in [0.25, 0.3) is 10.0 Å². The number of hydrogen-bond donors (Lipinski definition) is 2. The number of fused-ring (bicyclic) bond motifs is 1. The maximum absolute atomic E-state index is 12.2. The van der Waals surface area contributed by atoms with Crippen LogP contribution in [-0.2, 0) is 10.0 Å². The average molecular weight is 360 g/mol. The predicted octanol–water partition coefficient (Wildman–Crippen LogP) is 1.13. The molecule has 1 saturated heterocycles. The molecule has 1 aromatic carbocycles. The molecular weight excluding hydrogens is 338 g/mol. The number of piperidine rings is 1. The number of aliphatic imine (C=N–C) groups is 1. The molecule has 1 atom stereocenters. The summed E-state index contributed by atoms with van der Waals surface area (Å²) in [6.07, 6.45) is 5.37. The van der Waals surface area contributed by atoms with E-state index in [1.54, 1.807) is 24.5 Å². The van der Waals surface area contributed by atoms with Crippen molar-refractivity contribution in [3.05, 3.63) is 54.0 Å². The summed E-state index contributed by atoms with van der Waals surface area (Å²) in [4.78, 5) is 6.39. The summed E-state index contributed by atoms with van der Waals surface area (Å²) in [5.41, 5.74) is 0.648. The molecule has 0 radical (unpaired) electrons. The fourth-order valence-corrected chi connectivity index (χ4v) is 4.95. The molecule has 0 spiro atoms. The largest absolute Gasteiger partial charge is 0.463 e. The van der Waals surface area contributed by atoms with Crippen molar-refractivity contribution in [2.45, 2.75) is 30.2 Å². The molecule has 7 heteroatoms. The highest BCUT2D eigenvalue weighted by atomic mass is 32.2. The van der Waals surface area contributed by atoms with Gasteiger partial charge in [0, 0.05) is 5.56 Å². The maximum atomic E-state index is 12.2. The highest BCUT2D eigenvalue weighted by molar-refractivity contribution is 7.90. The van der Waals surface area contributed by atoms with Crippen molar-refractivity contribution in [3.8, 4) is 0 Å². The van der Waals surface area contributed by atoms with Gasteiger partial charge >= 0.3 is 0 Å². The summed E-state index contributed by atoms with van der Waals surface area (Å²) in [5, 5.41) is 0. The Balaban J connectivity index is 1.62. The second kappa shape index (κ2) is 6.65. The molecule has 25 heavy (non-hydrogen) atoms. The van der Waals surface area contributed by atoms with E-state index < -0.39 is 10.0 Å². The van der Waals surface area contributed by atoms with E-state index in [-0.39, 0.29) is 6.04 Å². The standard InChI is InChI=1S/C18H21N3O3S/c22-25(23)17-9-3-2-7-14(17)18(20-25)19-13-15(16-8-6-12-24-16)21-10-4-1-5-11-21/h2-3,6-9,12,15H,1,4-5,10-11,13H2,(H,19,20)/p+1/t15-/m1/s1. The van der Waals surface area contributed by atoms with E-state index in [2.05, 4.69) is 9.71 Å². The molecule has 2 aliphatic heterocycles. The summed E-state index contributed by atoms with van der Waals surface area (Å²) in [5.74, 6) is 1.35. The van der Waals surface area contributed by atoms with Gasteiger partial charge in [0.05, 0.1) is 24.2 Å². The first-order valence-electron chi connectivity index (χ1n) is 8.70. The second-order valence-electron chi connectivity index (χ2n) is 6.58. The van der Waals surface area contributed by atoms with Crippen LogP contribution in [0.15, 0.2) is 57.0 Å². The van der Waals surface area contributed by atoms with Crippen LogP contribution in [0.4, 0.5) is 0 Å². The third-order valence-electron chi connectivity index (χ3n) is 4.97. The fourth-order valence-electron chi connectivity index (χ4n) is 3.70. The minimum atomic E-state index is -3.49. The zero-order valence-corrected chi connectivity index (χ0v) is 14.8. The van der Waals surface area contributed by atoms with Crippen LogP contribution in [0.2, 0.25) is 0 Å². The average Bonchev–Trinajstić information content (AvgIpc) is 3.24. The molecule has 3 heterocycles. The lowest BCUT2D eigenvalue weighted by Crippen LogP contribution is -3.13. The lowest BCUT2D eigenvalue weighted by Gasteiger charge is -2.29. The van der Waals surface area contributed by atoms with Crippen molar-refractivity contribution < 1.29 is 17.7 Å². The number of sulfonamides is 1. The van der Waals surface area contributed by atoms with Gasteiger partial charge in [-0.3, -0.25) is 9.71 Å². The smallest absolute Gasteiger partial charge is 0.263 e. The van der Waals surface area contributed by atoms with Gasteiger partial charge in [-0.15, -0.1) is 0 Å². The predicted molar refractivity (Wildman–Crippen MR) is 94.2 cm³/mol. The first-order valence-corrected chi connectivity index (χ1v) is 10.2. The van der Waals surface area contributed by atoms with Crippen molar-refractivity contribution in [2.75, 3.05) is 19.6 Å². The van der Waals surface area contributed by atoms with E-state index in [9.17, 15) is 8.42 Å². The van der Waals surface area contributed by atoms with Gasteiger partial charge in [-0.2, -0.15) is 0 Å². The Morgan fingerprint density at radius 1 is 1.12 bits per heavy atom. The molecule has 0 saturated carbocycles. The number of likely N-dealkylation sites (tertiary alicyclic amines) is 1. The Kier molecular flexibility index (Phi) is 4.35. The Bertz CT molecular complexity index is 869. The van der Waals surface area contributed by atoms with Crippen LogP contribution >= 0.6 is 0 Å². The molecule has 1 fully saturated rings. The number of rotatable bonds is 4. The van der Waals surface area contributed by atoms with E-state index in [4.69, 9.17) is 4.42 Å². The number of hydrogen-bond acceptors (Lipinski definition) is 4. The number of nitrogens with zero attached hydrogens (tertiary/aromatic N) is 1. The summed E-state index contributed by atoms with van der Waals surface area (Å²) in [7, 11) is -3.49. The molecule has 1 aromatic heterocycles. The van der Waals surface area contributed by atoms with Crippen LogP contribution < -0.4 is 9.62 Å². The van der Waals surface area contributed by atoms with Crippen LogP contribution in [0.3, 0.4) is 0 Å². The topological polar surface area (TPSA) is 76.1 Å². The van der Waals surface area contributed by atoms with Crippen molar-refractivity contribution in [3.63, 3.8) is 0 Å². The van der Waals surface area contributed by atoms with E-state index in [1.807, 2.05) is 18.2 Å². The van der Waals surface area contributed by atoms with Crippen molar-refractivity contribution in [1.82, 2.24) is 4.72 Å². The van der Waals surface area contributed by atoms with Gasteiger partial charge in [-0.1, -0.05) is 12.1 Å². The van der Waals surface area contributed by atoms with E-state index in [0.29, 0.717) is 22.8 Å². The minimum absolute atomic E-state index is 0.111. The van der Waals surface area contributed by atoms with Gasteiger partial charge in [0.15, 0.2) is 11.8 Å². The van der Waals surface area contributed by atoms with E-state index in [1.165, 1.54) is 24.2 Å². The Hall–Kier alpha value is -2.12. The Labute approximate surface area is 147 Å². The molecule has 2 aliphatic rings. The van der Waals surface area contributed by atoms with E-state index in [0.717, 1.165) is 18.8 Å². The first-order chi connectivity index (χ1) is 12.1. The summed E-state index contributed by atoms with van der Waals surface area (Å²) >= 11 is 0. The van der Waals surface area contributed by atoms with Crippen LogP contribution in [0.5, 0.6) is 0 Å². The van der Waals surface area contributed by atoms with Crippen molar-refractivity contribution in [1.29, 1.82) is 0 Å². The highest BCUT2D eigenvalue weighted by Gasteiger charge is 2.32. The van der Waals surface area contributed by atoms with Gasteiger partial charge in [-0.05, 0) is 43.5 Å².